The van der Waals surface area contributed by atoms with Gasteiger partial charge in [-0.1, -0.05) is 12.1 Å². The molecular formula is C24H29N5O4. The monoisotopic (exact) mass is 451 g/mol. The number of carbonyl (C=O) groups excluding carboxylic acids is 3. The van der Waals surface area contributed by atoms with Crippen LogP contribution >= 0.6 is 0 Å². The third kappa shape index (κ3) is 5.67. The number of benzene rings is 1. The fraction of sp³-hybridized carbons (Fsp3) is 0.417. The molecule has 0 spiro atoms. The van der Waals surface area contributed by atoms with Crippen molar-refractivity contribution in [2.45, 2.75) is 25.4 Å². The Balaban J connectivity index is 1.24. The fourth-order valence-electron chi connectivity index (χ4n) is 4.14. The second-order valence-electron chi connectivity index (χ2n) is 8.31. The van der Waals surface area contributed by atoms with Crippen molar-refractivity contribution < 1.29 is 19.1 Å². The Bertz CT molecular complexity index is 974. The second-order valence-corrected chi connectivity index (χ2v) is 8.31. The van der Waals surface area contributed by atoms with Crippen LogP contribution in [0, 0.1) is 0 Å². The van der Waals surface area contributed by atoms with E-state index < -0.39 is 12.1 Å². The van der Waals surface area contributed by atoms with Gasteiger partial charge in [0, 0.05) is 45.1 Å². The molecule has 2 aliphatic rings. The number of carbonyl (C=O) groups is 3. The Morgan fingerprint density at radius 2 is 1.73 bits per heavy atom. The number of rotatable bonds is 8. The van der Waals surface area contributed by atoms with Crippen molar-refractivity contribution in [2.24, 2.45) is 0 Å². The summed E-state index contributed by atoms with van der Waals surface area (Å²) in [4.78, 5) is 47.2. The van der Waals surface area contributed by atoms with Crippen LogP contribution in [0.25, 0.3) is 0 Å². The number of piperazine rings is 1. The van der Waals surface area contributed by atoms with Crippen molar-refractivity contribution in [3.63, 3.8) is 0 Å². The summed E-state index contributed by atoms with van der Waals surface area (Å²) in [5.41, 5.74) is 2.06. The molecule has 1 aromatic carbocycles. The summed E-state index contributed by atoms with van der Waals surface area (Å²) in [6.07, 6.45) is 4.53. The highest BCUT2D eigenvalue weighted by Gasteiger charge is 2.39. The van der Waals surface area contributed by atoms with Gasteiger partial charge in [-0.3, -0.25) is 24.4 Å². The van der Waals surface area contributed by atoms with Crippen LogP contribution in [0.15, 0.2) is 48.8 Å². The summed E-state index contributed by atoms with van der Waals surface area (Å²) < 4.78 is 5.13. The Hall–Kier alpha value is -3.46. The lowest BCUT2D eigenvalue weighted by atomic mass is 10.1. The van der Waals surface area contributed by atoms with Crippen molar-refractivity contribution >= 4 is 17.8 Å². The summed E-state index contributed by atoms with van der Waals surface area (Å²) >= 11 is 0. The van der Waals surface area contributed by atoms with E-state index in [1.54, 1.807) is 36.5 Å². The molecule has 1 N–H and O–H groups in total. The number of ether oxygens (including phenoxy) is 1. The second kappa shape index (κ2) is 10.4. The van der Waals surface area contributed by atoms with Crippen LogP contribution in [-0.2, 0) is 22.6 Å². The maximum Gasteiger partial charge on any atom is 0.325 e. The molecule has 0 unspecified atom stereocenters. The number of nitrogens with zero attached hydrogens (tertiary/aromatic N) is 4. The summed E-state index contributed by atoms with van der Waals surface area (Å²) in [5, 5.41) is 2.66. The average molecular weight is 452 g/mol. The molecule has 4 rings (SSSR count). The predicted octanol–water partition coefficient (Wildman–Crippen LogP) is 1.29. The number of hydrogen-bond acceptors (Lipinski definition) is 6. The molecule has 9 heteroatoms. The lowest BCUT2D eigenvalue weighted by Crippen LogP contribution is -2.50. The number of nitrogens with one attached hydrogen (secondary N) is 1. The highest BCUT2D eigenvalue weighted by atomic mass is 16.5. The zero-order valence-electron chi connectivity index (χ0n) is 18.8. The van der Waals surface area contributed by atoms with Crippen molar-refractivity contribution in [2.75, 3.05) is 39.8 Å². The van der Waals surface area contributed by atoms with E-state index in [1.165, 1.54) is 5.56 Å². The Morgan fingerprint density at radius 1 is 1.03 bits per heavy atom. The molecule has 2 saturated heterocycles. The Labute approximate surface area is 193 Å². The maximum atomic E-state index is 12.8. The van der Waals surface area contributed by atoms with Gasteiger partial charge in [0.25, 0.3) is 5.91 Å². The van der Waals surface area contributed by atoms with Crippen LogP contribution in [0.4, 0.5) is 4.79 Å². The molecule has 2 fully saturated rings. The predicted molar refractivity (Wildman–Crippen MR) is 121 cm³/mol. The number of imide groups is 1. The van der Waals surface area contributed by atoms with Crippen LogP contribution in [0.2, 0.25) is 0 Å². The first-order valence-corrected chi connectivity index (χ1v) is 11.2. The largest absolute Gasteiger partial charge is 0.497 e. The SMILES string of the molecule is COc1ccc(CN2C(=O)N[C@H](CC(=O)N3CCN(CCc4ccncc4)CC3)C2=O)cc1. The highest BCUT2D eigenvalue weighted by molar-refractivity contribution is 6.05. The molecule has 2 aromatic rings. The molecule has 0 radical (unpaired) electrons. The molecule has 0 saturated carbocycles. The van der Waals surface area contributed by atoms with Gasteiger partial charge in [0.15, 0.2) is 0 Å². The topological polar surface area (TPSA) is 95.1 Å². The van der Waals surface area contributed by atoms with Crippen molar-refractivity contribution in [1.82, 2.24) is 25.0 Å². The van der Waals surface area contributed by atoms with E-state index in [1.807, 2.05) is 24.3 Å². The van der Waals surface area contributed by atoms with E-state index >= 15 is 0 Å². The number of pyridine rings is 1. The van der Waals surface area contributed by atoms with Crippen LogP contribution in [0.1, 0.15) is 17.5 Å². The zero-order valence-corrected chi connectivity index (χ0v) is 18.8. The maximum absolute atomic E-state index is 12.8. The van der Waals surface area contributed by atoms with E-state index in [4.69, 9.17) is 4.74 Å². The summed E-state index contributed by atoms with van der Waals surface area (Å²) in [6, 6.07) is 9.95. The Kier molecular flexibility index (Phi) is 7.19. The van der Waals surface area contributed by atoms with Gasteiger partial charge in [-0.05, 0) is 41.8 Å². The molecule has 1 atom stereocenters. The number of hydrogen-bond donors (Lipinski definition) is 1. The van der Waals surface area contributed by atoms with Crippen LogP contribution < -0.4 is 10.1 Å². The molecule has 9 nitrogen and oxygen atoms in total. The van der Waals surface area contributed by atoms with E-state index in [9.17, 15) is 14.4 Å². The number of methoxy groups -OCH3 is 1. The first-order valence-electron chi connectivity index (χ1n) is 11.2. The molecule has 174 valence electrons. The lowest BCUT2D eigenvalue weighted by molar-refractivity contribution is -0.137. The molecule has 33 heavy (non-hydrogen) atoms. The minimum absolute atomic E-state index is 0.0132. The first-order chi connectivity index (χ1) is 16.0. The van der Waals surface area contributed by atoms with Crippen LogP contribution in [0.5, 0.6) is 5.75 Å². The van der Waals surface area contributed by atoms with Gasteiger partial charge in [-0.25, -0.2) is 4.79 Å². The zero-order chi connectivity index (χ0) is 23.2. The summed E-state index contributed by atoms with van der Waals surface area (Å²) in [7, 11) is 1.58. The van der Waals surface area contributed by atoms with Gasteiger partial charge in [0.2, 0.25) is 5.91 Å². The van der Waals surface area contributed by atoms with Crippen molar-refractivity contribution in [1.29, 1.82) is 0 Å². The normalized spacial score (nSPS) is 19.0. The van der Waals surface area contributed by atoms with E-state index in [-0.39, 0.29) is 24.8 Å². The molecule has 2 aliphatic heterocycles. The van der Waals surface area contributed by atoms with Gasteiger partial charge in [-0.2, -0.15) is 0 Å². The van der Waals surface area contributed by atoms with Gasteiger partial charge in [0.05, 0.1) is 20.1 Å². The molecule has 4 amide bonds. The number of urea groups is 1. The molecular weight excluding hydrogens is 422 g/mol. The quantitative estimate of drug-likeness (QED) is 0.608. The fourth-order valence-corrected chi connectivity index (χ4v) is 4.14. The smallest absolute Gasteiger partial charge is 0.325 e. The van der Waals surface area contributed by atoms with Gasteiger partial charge < -0.3 is 15.0 Å². The third-order valence-corrected chi connectivity index (χ3v) is 6.18. The van der Waals surface area contributed by atoms with E-state index in [0.717, 1.165) is 36.5 Å². The van der Waals surface area contributed by atoms with Gasteiger partial charge in [0.1, 0.15) is 11.8 Å². The molecule has 0 aliphatic carbocycles. The standard InChI is InChI=1S/C24H29N5O4/c1-33-20-4-2-19(3-5-20)17-29-23(31)21(26-24(29)32)16-22(30)28-14-12-27(13-15-28)11-8-18-6-9-25-10-7-18/h2-7,9-10,21H,8,11-17H2,1H3,(H,26,32)/t21-/m1/s1. The summed E-state index contributed by atoms with van der Waals surface area (Å²) in [5.74, 6) is 0.241. The highest BCUT2D eigenvalue weighted by Crippen LogP contribution is 2.18. The minimum Gasteiger partial charge on any atom is -0.497 e. The average Bonchev–Trinajstić information content (AvgIpc) is 3.11. The Morgan fingerprint density at radius 3 is 2.39 bits per heavy atom. The lowest BCUT2D eigenvalue weighted by Gasteiger charge is -2.35. The third-order valence-electron chi connectivity index (χ3n) is 6.18. The van der Waals surface area contributed by atoms with Crippen LogP contribution in [-0.4, -0.2) is 83.4 Å². The number of aromatic nitrogens is 1. The minimum atomic E-state index is -0.812. The molecule has 3 heterocycles. The van der Waals surface area contributed by atoms with E-state index in [2.05, 4.69) is 15.2 Å². The van der Waals surface area contributed by atoms with Crippen molar-refractivity contribution in [3.8, 4) is 5.75 Å². The van der Waals surface area contributed by atoms with E-state index in [0.29, 0.717) is 18.8 Å². The van der Waals surface area contributed by atoms with Gasteiger partial charge >= 0.3 is 6.03 Å². The molecule has 1 aromatic heterocycles. The van der Waals surface area contributed by atoms with Gasteiger partial charge in [-0.15, -0.1) is 0 Å². The first kappa shape index (κ1) is 22.7. The van der Waals surface area contributed by atoms with Crippen LogP contribution in [0.3, 0.4) is 0 Å². The summed E-state index contributed by atoms with van der Waals surface area (Å²) in [6.45, 7) is 3.94. The van der Waals surface area contributed by atoms with Crippen molar-refractivity contribution in [3.05, 3.63) is 59.9 Å². The molecule has 0 bridgehead atoms. The number of amides is 4.